The highest BCUT2D eigenvalue weighted by Gasteiger charge is 2.66. The molecule has 2 aliphatic carbocycles. The van der Waals surface area contributed by atoms with E-state index in [1.54, 1.807) is 0 Å². The second-order valence-corrected chi connectivity index (χ2v) is 7.69. The molecule has 0 spiro atoms. The van der Waals surface area contributed by atoms with E-state index in [-0.39, 0.29) is 0 Å². The van der Waals surface area contributed by atoms with Crippen molar-refractivity contribution in [2.24, 2.45) is 5.41 Å². The van der Waals surface area contributed by atoms with Gasteiger partial charge in [0.25, 0.3) is 0 Å². The zero-order valence-corrected chi connectivity index (χ0v) is 16.0. The zero-order valence-electron chi connectivity index (χ0n) is 16.0. The van der Waals surface area contributed by atoms with Crippen LogP contribution < -0.4 is 0 Å². The molecule has 26 heavy (non-hydrogen) atoms. The van der Waals surface area contributed by atoms with Crippen LogP contribution in [0.5, 0.6) is 0 Å². The maximum atomic E-state index is 15.0. The Morgan fingerprint density at radius 1 is 1.08 bits per heavy atom. The average Bonchev–Trinajstić information content (AvgIpc) is 2.64. The molecule has 0 aromatic heterocycles. The molecule has 0 heterocycles. The van der Waals surface area contributed by atoms with Gasteiger partial charge in [-0.25, -0.2) is 4.39 Å². The Morgan fingerprint density at radius 2 is 1.73 bits per heavy atom. The first-order valence-corrected chi connectivity index (χ1v) is 10.2. The summed E-state index contributed by atoms with van der Waals surface area (Å²) in [6.07, 6.45) is 15.2. The molecule has 2 aliphatic rings. The standard InChI is InChI=1S/C22H33F3O/c1-3-5-6-7-8-12-18-26-21(16-10-9-11-17-21)20(4-2)15-13-14-19(23)22(20,24)25/h4,13-15H,2-3,5-12,16-18H2,1H3. The minimum Gasteiger partial charge on any atom is -0.374 e. The number of unbranched alkanes of at least 4 members (excludes halogenated alkanes) is 5. The highest BCUT2D eigenvalue weighted by molar-refractivity contribution is 5.37. The Hall–Kier alpha value is -1.03. The van der Waals surface area contributed by atoms with Crippen molar-refractivity contribution in [1.29, 1.82) is 0 Å². The Kier molecular flexibility index (Phi) is 7.57. The van der Waals surface area contributed by atoms with Crippen LogP contribution in [0.25, 0.3) is 0 Å². The fourth-order valence-electron chi connectivity index (χ4n) is 4.46. The third-order valence-electron chi connectivity index (χ3n) is 6.03. The average molecular weight is 370 g/mol. The van der Waals surface area contributed by atoms with Crippen LogP contribution >= 0.6 is 0 Å². The summed E-state index contributed by atoms with van der Waals surface area (Å²) in [6, 6.07) is 0. The summed E-state index contributed by atoms with van der Waals surface area (Å²) < 4.78 is 50.3. The molecule has 0 aliphatic heterocycles. The second kappa shape index (κ2) is 9.25. The van der Waals surface area contributed by atoms with E-state index in [0.717, 1.165) is 44.6 Å². The van der Waals surface area contributed by atoms with Gasteiger partial charge in [0.2, 0.25) is 0 Å². The van der Waals surface area contributed by atoms with Crippen molar-refractivity contribution in [3.63, 3.8) is 0 Å². The van der Waals surface area contributed by atoms with E-state index in [1.165, 1.54) is 37.5 Å². The van der Waals surface area contributed by atoms with E-state index in [2.05, 4.69) is 13.5 Å². The normalized spacial score (nSPS) is 27.2. The largest absolute Gasteiger partial charge is 0.374 e. The van der Waals surface area contributed by atoms with E-state index in [0.29, 0.717) is 19.4 Å². The Bertz CT molecular complexity index is 517. The maximum absolute atomic E-state index is 15.0. The topological polar surface area (TPSA) is 9.23 Å². The van der Waals surface area contributed by atoms with Gasteiger partial charge < -0.3 is 4.74 Å². The lowest BCUT2D eigenvalue weighted by Crippen LogP contribution is -2.59. The van der Waals surface area contributed by atoms with Gasteiger partial charge in [-0.2, -0.15) is 8.78 Å². The lowest BCUT2D eigenvalue weighted by Gasteiger charge is -2.53. The molecule has 0 aromatic rings. The minimum absolute atomic E-state index is 0.441. The molecular formula is C22H33F3O. The van der Waals surface area contributed by atoms with Crippen LogP contribution in [0.15, 0.2) is 36.7 Å². The summed E-state index contributed by atoms with van der Waals surface area (Å²) in [5.41, 5.74) is -2.90. The minimum atomic E-state index is -3.62. The zero-order chi connectivity index (χ0) is 19.1. The lowest BCUT2D eigenvalue weighted by atomic mass is 9.60. The predicted molar refractivity (Wildman–Crippen MR) is 101 cm³/mol. The number of hydrogen-bond donors (Lipinski definition) is 0. The first-order chi connectivity index (χ1) is 12.5. The summed E-state index contributed by atoms with van der Waals surface area (Å²) in [4.78, 5) is 0. The summed E-state index contributed by atoms with van der Waals surface area (Å²) in [5, 5.41) is 0. The molecule has 1 saturated carbocycles. The SMILES string of the molecule is C=CC1(C2(OCCCCCCCC)CCCCC2)C=CC=C(F)C1(F)F. The van der Waals surface area contributed by atoms with Gasteiger partial charge in [-0.3, -0.25) is 0 Å². The van der Waals surface area contributed by atoms with E-state index in [4.69, 9.17) is 4.74 Å². The van der Waals surface area contributed by atoms with Crippen molar-refractivity contribution in [2.45, 2.75) is 89.1 Å². The molecule has 1 nitrogen and oxygen atoms in total. The van der Waals surface area contributed by atoms with Crippen molar-refractivity contribution in [2.75, 3.05) is 6.61 Å². The molecule has 0 aromatic carbocycles. The van der Waals surface area contributed by atoms with Gasteiger partial charge in [0.15, 0.2) is 5.83 Å². The van der Waals surface area contributed by atoms with E-state index < -0.39 is 22.8 Å². The van der Waals surface area contributed by atoms with E-state index >= 15 is 8.78 Å². The molecule has 0 saturated heterocycles. The van der Waals surface area contributed by atoms with Crippen molar-refractivity contribution in [3.05, 3.63) is 36.7 Å². The molecule has 0 bridgehead atoms. The van der Waals surface area contributed by atoms with Crippen LogP contribution in [-0.2, 0) is 4.74 Å². The number of allylic oxidation sites excluding steroid dienone is 3. The fourth-order valence-corrected chi connectivity index (χ4v) is 4.46. The number of halogens is 3. The van der Waals surface area contributed by atoms with Crippen LogP contribution in [0, 0.1) is 5.41 Å². The van der Waals surface area contributed by atoms with Crippen LogP contribution in [-0.4, -0.2) is 18.1 Å². The van der Waals surface area contributed by atoms with Crippen LogP contribution in [0.1, 0.15) is 77.6 Å². The van der Waals surface area contributed by atoms with Crippen molar-refractivity contribution < 1.29 is 17.9 Å². The van der Waals surface area contributed by atoms with Gasteiger partial charge in [-0.15, -0.1) is 6.58 Å². The van der Waals surface area contributed by atoms with Gasteiger partial charge in [0, 0.05) is 6.61 Å². The van der Waals surface area contributed by atoms with Crippen molar-refractivity contribution in [3.8, 4) is 0 Å². The Morgan fingerprint density at radius 3 is 2.38 bits per heavy atom. The van der Waals surface area contributed by atoms with Crippen LogP contribution in [0.2, 0.25) is 0 Å². The van der Waals surface area contributed by atoms with Crippen LogP contribution in [0.4, 0.5) is 13.2 Å². The monoisotopic (exact) mass is 370 g/mol. The van der Waals surface area contributed by atoms with Gasteiger partial charge in [-0.1, -0.05) is 76.5 Å². The molecule has 1 fully saturated rings. The predicted octanol–water partition coefficient (Wildman–Crippen LogP) is 7.30. The lowest BCUT2D eigenvalue weighted by molar-refractivity contribution is -0.200. The number of rotatable bonds is 10. The third kappa shape index (κ3) is 3.95. The highest BCUT2D eigenvalue weighted by Crippen LogP contribution is 2.59. The molecule has 1 atom stereocenters. The molecule has 4 heteroatoms. The summed E-state index contributed by atoms with van der Waals surface area (Å²) in [5.74, 6) is -5.02. The maximum Gasteiger partial charge on any atom is 0.313 e. The first kappa shape index (κ1) is 21.3. The van der Waals surface area contributed by atoms with E-state index in [1.807, 2.05) is 0 Å². The first-order valence-electron chi connectivity index (χ1n) is 10.2. The van der Waals surface area contributed by atoms with Crippen LogP contribution in [0.3, 0.4) is 0 Å². The van der Waals surface area contributed by atoms with Gasteiger partial charge >= 0.3 is 5.92 Å². The quantitative estimate of drug-likeness (QED) is 0.290. The van der Waals surface area contributed by atoms with E-state index in [9.17, 15) is 4.39 Å². The molecule has 0 N–H and O–H groups in total. The van der Waals surface area contributed by atoms with Crippen molar-refractivity contribution >= 4 is 0 Å². The number of alkyl halides is 2. The highest BCUT2D eigenvalue weighted by atomic mass is 19.3. The van der Waals surface area contributed by atoms with Gasteiger partial charge in [0.1, 0.15) is 5.41 Å². The molecule has 1 unspecified atom stereocenters. The molecule has 2 rings (SSSR count). The number of hydrogen-bond acceptors (Lipinski definition) is 1. The molecular weight excluding hydrogens is 337 g/mol. The Labute approximate surface area is 156 Å². The smallest absolute Gasteiger partial charge is 0.313 e. The van der Waals surface area contributed by atoms with Gasteiger partial charge in [0.05, 0.1) is 5.60 Å². The summed E-state index contributed by atoms with van der Waals surface area (Å²) in [6.45, 7) is 6.30. The number of ether oxygens (including phenoxy) is 1. The Balaban J connectivity index is 2.13. The molecule has 0 amide bonds. The van der Waals surface area contributed by atoms with Crippen molar-refractivity contribution in [1.82, 2.24) is 0 Å². The third-order valence-corrected chi connectivity index (χ3v) is 6.03. The molecule has 148 valence electrons. The van der Waals surface area contributed by atoms with Gasteiger partial charge in [-0.05, 0) is 25.3 Å². The second-order valence-electron chi connectivity index (χ2n) is 7.69. The fraction of sp³-hybridized carbons (Fsp3) is 0.727. The molecule has 0 radical (unpaired) electrons. The summed E-state index contributed by atoms with van der Waals surface area (Å²) in [7, 11) is 0. The summed E-state index contributed by atoms with van der Waals surface area (Å²) >= 11 is 0.